The van der Waals surface area contributed by atoms with Crippen LogP contribution in [0, 0.1) is 11.3 Å². The van der Waals surface area contributed by atoms with E-state index in [2.05, 4.69) is 91.6 Å². The van der Waals surface area contributed by atoms with Gasteiger partial charge in [0, 0.05) is 47.1 Å². The maximum atomic E-state index is 14.3. The molecule has 1 unspecified atom stereocenters. The standard InChI is InChI=1S/C39H33FN2O2/c1-38(2)34-23-25(24-41)7-16-32(34)35-30-5-3-4-6-31(30)37-33(36(35)38)17-18-39(44-37,26-8-12-28(40)13-9-26)27-10-14-29(15-11-27)42-19-21-43-22-20-42/h3-8,10-12,14-18,23H,9,13,19-22H2,1-2H3. The summed E-state index contributed by atoms with van der Waals surface area (Å²) in [6, 6.07) is 25.5. The molecule has 2 aliphatic heterocycles. The Labute approximate surface area is 257 Å². The van der Waals surface area contributed by atoms with Gasteiger partial charge >= 0.3 is 0 Å². The van der Waals surface area contributed by atoms with Gasteiger partial charge in [0.25, 0.3) is 0 Å². The summed E-state index contributed by atoms with van der Waals surface area (Å²) in [6.45, 7) is 7.68. The number of hydrogen-bond acceptors (Lipinski definition) is 4. The van der Waals surface area contributed by atoms with Crippen molar-refractivity contribution in [2.45, 2.75) is 37.7 Å². The predicted octanol–water partition coefficient (Wildman–Crippen LogP) is 8.73. The summed E-state index contributed by atoms with van der Waals surface area (Å²) in [5.41, 5.74) is 8.48. The van der Waals surface area contributed by atoms with Crippen molar-refractivity contribution in [3.8, 4) is 22.9 Å². The highest BCUT2D eigenvalue weighted by atomic mass is 19.1. The molecule has 44 heavy (non-hydrogen) atoms. The van der Waals surface area contributed by atoms with Crippen LogP contribution in [0.15, 0.2) is 96.4 Å². The predicted molar refractivity (Wildman–Crippen MR) is 174 cm³/mol. The number of nitrogens with zero attached hydrogens (tertiary/aromatic N) is 2. The van der Waals surface area contributed by atoms with Crippen molar-refractivity contribution in [1.29, 1.82) is 5.26 Å². The Morgan fingerprint density at radius 2 is 1.68 bits per heavy atom. The average Bonchev–Trinajstić information content (AvgIpc) is 3.31. The normalized spacial score (nSPS) is 21.5. The van der Waals surface area contributed by atoms with Crippen molar-refractivity contribution in [3.05, 3.63) is 124 Å². The smallest absolute Gasteiger partial charge is 0.174 e. The molecule has 1 fully saturated rings. The summed E-state index contributed by atoms with van der Waals surface area (Å²) in [5, 5.41) is 11.9. The van der Waals surface area contributed by atoms with Crippen LogP contribution >= 0.6 is 0 Å². The first-order valence-corrected chi connectivity index (χ1v) is 15.4. The zero-order valence-electron chi connectivity index (χ0n) is 25.0. The van der Waals surface area contributed by atoms with Gasteiger partial charge in [-0.1, -0.05) is 68.5 Å². The SMILES string of the molecule is CC1(C)c2cc(C#N)ccc2-c2c1c1c(c3ccccc23)OC(C2=CC=C(F)CC2)(c2ccc(N3CCOCC3)cc2)C=C1. The summed E-state index contributed by atoms with van der Waals surface area (Å²) in [7, 11) is 0. The number of nitriles is 1. The quantitative estimate of drug-likeness (QED) is 0.243. The first kappa shape index (κ1) is 26.9. The summed E-state index contributed by atoms with van der Waals surface area (Å²) >= 11 is 0. The van der Waals surface area contributed by atoms with Gasteiger partial charge in [-0.15, -0.1) is 0 Å². The van der Waals surface area contributed by atoms with Gasteiger partial charge in [0.15, 0.2) is 5.60 Å². The second kappa shape index (κ2) is 9.94. The lowest BCUT2D eigenvalue weighted by molar-refractivity contribution is 0.122. The number of ether oxygens (including phenoxy) is 2. The molecule has 0 bridgehead atoms. The molecule has 0 amide bonds. The molecule has 4 aromatic carbocycles. The molecule has 0 radical (unpaired) electrons. The Bertz CT molecular complexity index is 1970. The lowest BCUT2D eigenvalue weighted by Crippen LogP contribution is -2.37. The third-order valence-corrected chi connectivity index (χ3v) is 9.92. The second-order valence-corrected chi connectivity index (χ2v) is 12.7. The van der Waals surface area contributed by atoms with Crippen LogP contribution in [0.2, 0.25) is 0 Å². The van der Waals surface area contributed by atoms with Crippen molar-refractivity contribution in [2.24, 2.45) is 0 Å². The van der Waals surface area contributed by atoms with Crippen molar-refractivity contribution in [1.82, 2.24) is 0 Å². The van der Waals surface area contributed by atoms with E-state index in [1.165, 1.54) is 16.7 Å². The summed E-state index contributed by atoms with van der Waals surface area (Å²) in [5.74, 6) is 0.739. The minimum absolute atomic E-state index is 0.105. The topological polar surface area (TPSA) is 45.5 Å². The summed E-state index contributed by atoms with van der Waals surface area (Å²) in [6.07, 6.45) is 8.83. The molecule has 0 spiro atoms. The van der Waals surface area contributed by atoms with E-state index in [-0.39, 0.29) is 11.2 Å². The molecule has 8 rings (SSSR count). The van der Waals surface area contributed by atoms with Gasteiger partial charge < -0.3 is 14.4 Å². The van der Waals surface area contributed by atoms with Gasteiger partial charge in [0.2, 0.25) is 0 Å². The fraction of sp³-hybridized carbons (Fsp3) is 0.256. The minimum Gasteiger partial charge on any atom is -0.473 e. The number of anilines is 1. The van der Waals surface area contributed by atoms with E-state index in [0.29, 0.717) is 18.4 Å². The van der Waals surface area contributed by atoms with E-state index in [1.807, 2.05) is 18.2 Å². The van der Waals surface area contributed by atoms with Crippen LogP contribution in [-0.2, 0) is 15.8 Å². The molecule has 2 heterocycles. The van der Waals surface area contributed by atoms with E-state index in [0.717, 1.165) is 70.8 Å². The van der Waals surface area contributed by atoms with E-state index >= 15 is 0 Å². The molecule has 0 N–H and O–H groups in total. The molecular formula is C39H33FN2O2. The van der Waals surface area contributed by atoms with Crippen LogP contribution in [0.4, 0.5) is 10.1 Å². The molecule has 1 atom stereocenters. The Morgan fingerprint density at radius 1 is 0.909 bits per heavy atom. The zero-order valence-corrected chi connectivity index (χ0v) is 25.0. The molecule has 0 aromatic heterocycles. The Morgan fingerprint density at radius 3 is 2.41 bits per heavy atom. The number of rotatable bonds is 3. The number of benzene rings is 4. The highest BCUT2D eigenvalue weighted by Crippen LogP contribution is 2.58. The van der Waals surface area contributed by atoms with E-state index in [1.54, 1.807) is 6.08 Å². The third-order valence-electron chi connectivity index (χ3n) is 9.92. The number of morpholine rings is 1. The van der Waals surface area contributed by atoms with Crippen LogP contribution in [0.5, 0.6) is 5.75 Å². The highest BCUT2D eigenvalue weighted by molar-refractivity contribution is 6.08. The van der Waals surface area contributed by atoms with Crippen LogP contribution in [-0.4, -0.2) is 26.3 Å². The van der Waals surface area contributed by atoms with Crippen molar-refractivity contribution >= 4 is 22.5 Å². The minimum atomic E-state index is -0.881. The number of halogens is 1. The summed E-state index contributed by atoms with van der Waals surface area (Å²) in [4.78, 5) is 2.35. The lowest BCUT2D eigenvalue weighted by Gasteiger charge is -2.40. The van der Waals surface area contributed by atoms with E-state index in [4.69, 9.17) is 9.47 Å². The highest BCUT2D eigenvalue weighted by Gasteiger charge is 2.45. The van der Waals surface area contributed by atoms with Gasteiger partial charge in [-0.2, -0.15) is 5.26 Å². The molecule has 1 saturated heterocycles. The van der Waals surface area contributed by atoms with Gasteiger partial charge in [0.05, 0.1) is 24.8 Å². The van der Waals surface area contributed by atoms with Crippen molar-refractivity contribution in [3.63, 3.8) is 0 Å². The largest absolute Gasteiger partial charge is 0.473 e. The number of allylic oxidation sites excluding steroid dienone is 3. The van der Waals surface area contributed by atoms with Gasteiger partial charge in [-0.25, -0.2) is 4.39 Å². The molecule has 5 heteroatoms. The van der Waals surface area contributed by atoms with Crippen LogP contribution < -0.4 is 9.64 Å². The number of fused-ring (bicyclic) bond motifs is 8. The second-order valence-electron chi connectivity index (χ2n) is 12.7. The van der Waals surface area contributed by atoms with Crippen LogP contribution in [0.3, 0.4) is 0 Å². The lowest BCUT2D eigenvalue weighted by atomic mass is 9.75. The maximum Gasteiger partial charge on any atom is 0.174 e. The average molecular weight is 581 g/mol. The van der Waals surface area contributed by atoms with Gasteiger partial charge in [-0.05, 0) is 76.1 Å². The fourth-order valence-electron chi connectivity index (χ4n) is 7.68. The van der Waals surface area contributed by atoms with E-state index in [9.17, 15) is 9.65 Å². The molecule has 218 valence electrons. The molecule has 4 aliphatic rings. The van der Waals surface area contributed by atoms with E-state index < -0.39 is 5.60 Å². The first-order valence-electron chi connectivity index (χ1n) is 15.4. The maximum absolute atomic E-state index is 14.3. The van der Waals surface area contributed by atoms with Crippen molar-refractivity contribution < 1.29 is 13.9 Å². The number of hydrogen-bond donors (Lipinski definition) is 0. The fourth-order valence-corrected chi connectivity index (χ4v) is 7.68. The first-order chi connectivity index (χ1) is 21.4. The monoisotopic (exact) mass is 580 g/mol. The van der Waals surface area contributed by atoms with Gasteiger partial charge in [0.1, 0.15) is 11.6 Å². The molecule has 0 saturated carbocycles. The van der Waals surface area contributed by atoms with Crippen LogP contribution in [0.1, 0.15) is 54.5 Å². The molecule has 4 aromatic rings. The molecule has 4 nitrogen and oxygen atoms in total. The summed E-state index contributed by atoms with van der Waals surface area (Å²) < 4.78 is 27.2. The zero-order chi connectivity index (χ0) is 30.1. The van der Waals surface area contributed by atoms with Crippen LogP contribution in [0.25, 0.3) is 28.0 Å². The third kappa shape index (κ3) is 3.91. The molecule has 2 aliphatic carbocycles. The Hall–Kier alpha value is -4.66. The molecular weight excluding hydrogens is 547 g/mol. The van der Waals surface area contributed by atoms with Gasteiger partial charge in [-0.3, -0.25) is 0 Å². The van der Waals surface area contributed by atoms with Crippen molar-refractivity contribution in [2.75, 3.05) is 31.2 Å². The Balaban J connectivity index is 1.34. The Kier molecular flexibility index (Phi) is 6.08.